The Labute approximate surface area is 86.4 Å². The molecule has 1 N–H and O–H groups in total. The molecular weight excluding hydrogens is 176 g/mol. The molecule has 0 saturated heterocycles. The molecule has 1 unspecified atom stereocenters. The summed E-state index contributed by atoms with van der Waals surface area (Å²) in [4.78, 5) is 0. The van der Waals surface area contributed by atoms with E-state index in [9.17, 15) is 0 Å². The Morgan fingerprint density at radius 3 is 2.64 bits per heavy atom. The molecule has 1 atom stereocenters. The van der Waals surface area contributed by atoms with Gasteiger partial charge in [0.1, 0.15) is 5.54 Å². The summed E-state index contributed by atoms with van der Waals surface area (Å²) in [6.45, 7) is 2.61. The minimum Gasteiger partial charge on any atom is -0.385 e. The molecule has 1 rings (SSSR count). The van der Waals surface area contributed by atoms with Gasteiger partial charge in [0.2, 0.25) is 0 Å². The van der Waals surface area contributed by atoms with E-state index in [1.54, 1.807) is 7.11 Å². The van der Waals surface area contributed by atoms with Crippen molar-refractivity contribution >= 4 is 0 Å². The average molecular weight is 196 g/mol. The molecule has 14 heavy (non-hydrogen) atoms. The second kappa shape index (κ2) is 5.33. The molecule has 0 aliphatic heterocycles. The van der Waals surface area contributed by atoms with Crippen LogP contribution in [0.15, 0.2) is 0 Å². The maximum Gasteiger partial charge on any atom is 0.106 e. The summed E-state index contributed by atoms with van der Waals surface area (Å²) in [6, 6.07) is 2.89. The van der Waals surface area contributed by atoms with Crippen LogP contribution < -0.4 is 5.32 Å². The predicted molar refractivity (Wildman–Crippen MR) is 55.9 cm³/mol. The largest absolute Gasteiger partial charge is 0.385 e. The Kier molecular flexibility index (Phi) is 4.37. The van der Waals surface area contributed by atoms with Crippen LogP contribution in [0.1, 0.15) is 39.0 Å². The second-order valence-corrected chi connectivity index (χ2v) is 4.31. The van der Waals surface area contributed by atoms with Crippen LogP contribution in [0.4, 0.5) is 0 Å². The lowest BCUT2D eigenvalue weighted by Crippen LogP contribution is -2.46. The SMILES string of the molecule is COCCC(C)(C#N)NC1CCCC1. The van der Waals surface area contributed by atoms with Gasteiger partial charge in [-0.25, -0.2) is 0 Å². The van der Waals surface area contributed by atoms with Gasteiger partial charge in [-0.15, -0.1) is 0 Å². The topological polar surface area (TPSA) is 45.0 Å². The summed E-state index contributed by atoms with van der Waals surface area (Å²) in [5, 5.41) is 12.5. The van der Waals surface area contributed by atoms with E-state index in [0.29, 0.717) is 12.6 Å². The van der Waals surface area contributed by atoms with Crippen LogP contribution in [-0.2, 0) is 4.74 Å². The smallest absolute Gasteiger partial charge is 0.106 e. The molecule has 1 aliphatic carbocycles. The van der Waals surface area contributed by atoms with Crippen molar-refractivity contribution in [1.29, 1.82) is 5.26 Å². The highest BCUT2D eigenvalue weighted by atomic mass is 16.5. The van der Waals surface area contributed by atoms with Gasteiger partial charge in [-0.05, 0) is 19.8 Å². The molecule has 1 saturated carbocycles. The molecule has 1 aliphatic rings. The first-order valence-corrected chi connectivity index (χ1v) is 5.38. The summed E-state index contributed by atoms with van der Waals surface area (Å²) in [5.41, 5.74) is -0.412. The maximum absolute atomic E-state index is 9.10. The molecule has 0 aromatic carbocycles. The van der Waals surface area contributed by atoms with E-state index < -0.39 is 5.54 Å². The summed E-state index contributed by atoms with van der Waals surface area (Å²) in [7, 11) is 1.67. The lowest BCUT2D eigenvalue weighted by atomic mass is 9.98. The van der Waals surface area contributed by atoms with Crippen LogP contribution in [0.25, 0.3) is 0 Å². The van der Waals surface area contributed by atoms with Crippen molar-refractivity contribution in [3.63, 3.8) is 0 Å². The van der Waals surface area contributed by atoms with Crippen molar-refractivity contribution in [3.05, 3.63) is 0 Å². The zero-order valence-electron chi connectivity index (χ0n) is 9.18. The van der Waals surface area contributed by atoms with Crippen molar-refractivity contribution in [2.24, 2.45) is 0 Å². The lowest BCUT2D eigenvalue weighted by Gasteiger charge is -2.27. The summed E-state index contributed by atoms with van der Waals surface area (Å²) in [6.07, 6.45) is 5.78. The highest BCUT2D eigenvalue weighted by Crippen LogP contribution is 2.21. The van der Waals surface area contributed by atoms with E-state index in [-0.39, 0.29) is 0 Å². The normalized spacial score (nSPS) is 21.8. The van der Waals surface area contributed by atoms with Gasteiger partial charge < -0.3 is 4.74 Å². The van der Waals surface area contributed by atoms with Gasteiger partial charge in [-0.1, -0.05) is 12.8 Å². The van der Waals surface area contributed by atoms with Crippen molar-refractivity contribution < 1.29 is 4.74 Å². The first-order chi connectivity index (χ1) is 6.70. The predicted octanol–water partition coefficient (Wildman–Crippen LogP) is 1.84. The number of nitrogens with one attached hydrogen (secondary N) is 1. The highest BCUT2D eigenvalue weighted by molar-refractivity contribution is 5.05. The molecule has 0 radical (unpaired) electrons. The number of nitriles is 1. The standard InChI is InChI=1S/C11H20N2O/c1-11(9-12,7-8-14-2)13-10-5-3-4-6-10/h10,13H,3-8H2,1-2H3. The number of rotatable bonds is 5. The third-order valence-electron chi connectivity index (χ3n) is 2.93. The Hall–Kier alpha value is -0.590. The molecule has 80 valence electrons. The van der Waals surface area contributed by atoms with Gasteiger partial charge in [0.25, 0.3) is 0 Å². The molecule has 0 bridgehead atoms. The van der Waals surface area contributed by atoms with Gasteiger partial charge in [0.05, 0.1) is 6.07 Å². The van der Waals surface area contributed by atoms with Crippen molar-refractivity contribution in [1.82, 2.24) is 5.32 Å². The van der Waals surface area contributed by atoms with Crippen molar-refractivity contribution in [2.75, 3.05) is 13.7 Å². The van der Waals surface area contributed by atoms with E-state index in [4.69, 9.17) is 10.00 Å². The molecule has 0 aromatic heterocycles. The van der Waals surface area contributed by atoms with Crippen LogP contribution in [0, 0.1) is 11.3 Å². The minimum absolute atomic E-state index is 0.412. The molecule has 3 nitrogen and oxygen atoms in total. The van der Waals surface area contributed by atoms with Crippen LogP contribution in [-0.4, -0.2) is 25.3 Å². The van der Waals surface area contributed by atoms with E-state index in [1.165, 1.54) is 25.7 Å². The lowest BCUT2D eigenvalue weighted by molar-refractivity contribution is 0.170. The number of hydrogen-bond acceptors (Lipinski definition) is 3. The summed E-state index contributed by atoms with van der Waals surface area (Å²) >= 11 is 0. The van der Waals surface area contributed by atoms with E-state index in [0.717, 1.165) is 6.42 Å². The molecular formula is C11H20N2O. The maximum atomic E-state index is 9.10. The van der Waals surface area contributed by atoms with Gasteiger partial charge in [0, 0.05) is 26.2 Å². The van der Waals surface area contributed by atoms with Crippen LogP contribution in [0.5, 0.6) is 0 Å². The summed E-state index contributed by atoms with van der Waals surface area (Å²) < 4.78 is 5.01. The van der Waals surface area contributed by atoms with E-state index in [2.05, 4.69) is 11.4 Å². The molecule has 0 heterocycles. The third-order valence-corrected chi connectivity index (χ3v) is 2.93. The van der Waals surface area contributed by atoms with Gasteiger partial charge >= 0.3 is 0 Å². The Bertz CT molecular complexity index is 206. The van der Waals surface area contributed by atoms with Crippen molar-refractivity contribution in [2.45, 2.75) is 50.6 Å². The monoisotopic (exact) mass is 196 g/mol. The third kappa shape index (κ3) is 3.28. The fourth-order valence-corrected chi connectivity index (χ4v) is 1.99. The molecule has 1 fully saturated rings. The first-order valence-electron chi connectivity index (χ1n) is 5.38. The van der Waals surface area contributed by atoms with Crippen LogP contribution in [0.3, 0.4) is 0 Å². The van der Waals surface area contributed by atoms with Crippen molar-refractivity contribution in [3.8, 4) is 6.07 Å². The highest BCUT2D eigenvalue weighted by Gasteiger charge is 2.28. The Morgan fingerprint density at radius 2 is 2.14 bits per heavy atom. The van der Waals surface area contributed by atoms with Gasteiger partial charge in [-0.2, -0.15) is 5.26 Å². The summed E-state index contributed by atoms with van der Waals surface area (Å²) in [5.74, 6) is 0. The number of methoxy groups -OCH3 is 1. The minimum atomic E-state index is -0.412. The van der Waals surface area contributed by atoms with Gasteiger partial charge in [-0.3, -0.25) is 5.32 Å². The number of nitrogens with zero attached hydrogens (tertiary/aromatic N) is 1. The zero-order valence-corrected chi connectivity index (χ0v) is 9.18. The molecule has 3 heteroatoms. The molecule has 0 spiro atoms. The number of hydrogen-bond donors (Lipinski definition) is 1. The van der Waals surface area contributed by atoms with Gasteiger partial charge in [0.15, 0.2) is 0 Å². The zero-order chi connectivity index (χ0) is 10.4. The van der Waals surface area contributed by atoms with Crippen LogP contribution in [0.2, 0.25) is 0 Å². The van der Waals surface area contributed by atoms with Crippen LogP contribution >= 0.6 is 0 Å². The number of ether oxygens (including phenoxy) is 1. The fraction of sp³-hybridized carbons (Fsp3) is 0.909. The average Bonchev–Trinajstić information content (AvgIpc) is 2.67. The second-order valence-electron chi connectivity index (χ2n) is 4.31. The quantitative estimate of drug-likeness (QED) is 0.729. The fourth-order valence-electron chi connectivity index (χ4n) is 1.99. The molecule has 0 amide bonds. The van der Waals surface area contributed by atoms with E-state index >= 15 is 0 Å². The Balaban J connectivity index is 2.39. The van der Waals surface area contributed by atoms with E-state index in [1.807, 2.05) is 6.92 Å². The molecule has 0 aromatic rings. The Morgan fingerprint density at radius 1 is 1.50 bits per heavy atom. The first kappa shape index (κ1) is 11.5.